The number of aromatic nitrogens is 2. The van der Waals surface area contributed by atoms with Crippen LogP contribution in [0.15, 0.2) is 29.3 Å². The molecule has 108 valence electrons. The van der Waals surface area contributed by atoms with Gasteiger partial charge in [0, 0.05) is 30.4 Å². The third-order valence-corrected chi connectivity index (χ3v) is 4.06. The molecule has 0 amide bonds. The second-order valence-corrected chi connectivity index (χ2v) is 6.81. The van der Waals surface area contributed by atoms with E-state index >= 15 is 0 Å². The minimum atomic E-state index is -0.0644. The molecule has 0 radical (unpaired) electrons. The molecule has 0 saturated carbocycles. The summed E-state index contributed by atoms with van der Waals surface area (Å²) in [6.07, 6.45) is 4.22. The highest BCUT2D eigenvalue weighted by molar-refractivity contribution is 7.16. The fourth-order valence-electron chi connectivity index (χ4n) is 1.90. The van der Waals surface area contributed by atoms with Gasteiger partial charge in [0.15, 0.2) is 5.82 Å². The second kappa shape index (κ2) is 6.90. The summed E-state index contributed by atoms with van der Waals surface area (Å²) in [4.78, 5) is 17.5. The first-order valence-electron chi connectivity index (χ1n) is 6.60. The molecular formula is C14H18ClN3OS. The minimum absolute atomic E-state index is 0.0644. The number of halogens is 1. The Kier molecular flexibility index (Phi) is 5.20. The van der Waals surface area contributed by atoms with Crippen molar-refractivity contribution >= 4 is 28.8 Å². The first-order valence-corrected chi connectivity index (χ1v) is 7.79. The topological polar surface area (TPSA) is 46.9 Å². The average Bonchev–Trinajstić information content (AvgIpc) is 2.79. The maximum atomic E-state index is 12.2. The van der Waals surface area contributed by atoms with Crippen LogP contribution in [-0.2, 0) is 13.0 Å². The van der Waals surface area contributed by atoms with Crippen molar-refractivity contribution in [2.24, 2.45) is 5.92 Å². The van der Waals surface area contributed by atoms with E-state index in [2.05, 4.69) is 24.1 Å². The van der Waals surface area contributed by atoms with E-state index in [1.165, 1.54) is 4.88 Å². The first-order chi connectivity index (χ1) is 9.56. The summed E-state index contributed by atoms with van der Waals surface area (Å²) < 4.78 is 2.49. The summed E-state index contributed by atoms with van der Waals surface area (Å²) >= 11 is 7.44. The molecule has 20 heavy (non-hydrogen) atoms. The smallest absolute Gasteiger partial charge is 0.293 e. The summed E-state index contributed by atoms with van der Waals surface area (Å²) in [5, 5.41) is 3.10. The summed E-state index contributed by atoms with van der Waals surface area (Å²) in [5.41, 5.74) is -0.0644. The Morgan fingerprint density at radius 1 is 1.45 bits per heavy atom. The number of nitrogens with one attached hydrogen (secondary N) is 1. The van der Waals surface area contributed by atoms with Gasteiger partial charge in [-0.3, -0.25) is 4.79 Å². The molecule has 0 bridgehead atoms. The van der Waals surface area contributed by atoms with Crippen LogP contribution in [0.2, 0.25) is 4.34 Å². The van der Waals surface area contributed by atoms with Gasteiger partial charge in [-0.25, -0.2) is 4.98 Å². The van der Waals surface area contributed by atoms with Crippen molar-refractivity contribution in [3.63, 3.8) is 0 Å². The maximum Gasteiger partial charge on any atom is 0.293 e. The van der Waals surface area contributed by atoms with Crippen LogP contribution < -0.4 is 10.9 Å². The molecule has 4 nitrogen and oxygen atoms in total. The van der Waals surface area contributed by atoms with E-state index in [1.807, 2.05) is 12.1 Å². The Morgan fingerprint density at radius 3 is 2.90 bits per heavy atom. The van der Waals surface area contributed by atoms with Crippen molar-refractivity contribution in [2.45, 2.75) is 26.8 Å². The third-order valence-electron chi connectivity index (χ3n) is 2.77. The van der Waals surface area contributed by atoms with Gasteiger partial charge in [-0.2, -0.15) is 0 Å². The SMILES string of the molecule is CC(C)Cn1ccnc(NCCc2ccc(Cl)s2)c1=O. The highest BCUT2D eigenvalue weighted by Crippen LogP contribution is 2.21. The molecule has 0 unspecified atom stereocenters. The van der Waals surface area contributed by atoms with Crippen LogP contribution >= 0.6 is 22.9 Å². The molecule has 2 rings (SSSR count). The lowest BCUT2D eigenvalue weighted by Crippen LogP contribution is -2.26. The first kappa shape index (κ1) is 15.1. The number of rotatable bonds is 6. The normalized spacial score (nSPS) is 11.0. The molecule has 6 heteroatoms. The van der Waals surface area contributed by atoms with Crippen LogP contribution in [-0.4, -0.2) is 16.1 Å². The predicted molar refractivity (Wildman–Crippen MR) is 84.9 cm³/mol. The zero-order valence-electron chi connectivity index (χ0n) is 11.6. The van der Waals surface area contributed by atoms with E-state index < -0.39 is 0 Å². The molecule has 0 saturated heterocycles. The van der Waals surface area contributed by atoms with E-state index in [0.717, 1.165) is 10.8 Å². The average molecular weight is 312 g/mol. The lowest BCUT2D eigenvalue weighted by Gasteiger charge is -2.10. The Labute approximate surface area is 127 Å². The van der Waals surface area contributed by atoms with Gasteiger partial charge in [0.2, 0.25) is 0 Å². The summed E-state index contributed by atoms with van der Waals surface area (Å²) in [5.74, 6) is 0.840. The molecule has 2 aromatic heterocycles. The lowest BCUT2D eigenvalue weighted by molar-refractivity contribution is 0.509. The number of nitrogens with zero attached hydrogens (tertiary/aromatic N) is 2. The molecule has 0 aromatic carbocycles. The summed E-state index contributed by atoms with van der Waals surface area (Å²) in [6.45, 7) is 5.54. The largest absolute Gasteiger partial charge is 0.365 e. The zero-order chi connectivity index (χ0) is 14.5. The fraction of sp³-hybridized carbons (Fsp3) is 0.429. The maximum absolute atomic E-state index is 12.2. The van der Waals surface area contributed by atoms with Gasteiger partial charge in [-0.05, 0) is 24.5 Å². The Morgan fingerprint density at radius 2 is 2.25 bits per heavy atom. The quantitative estimate of drug-likeness (QED) is 0.890. The molecule has 0 aliphatic heterocycles. The monoisotopic (exact) mass is 311 g/mol. The molecular weight excluding hydrogens is 294 g/mol. The lowest BCUT2D eigenvalue weighted by atomic mass is 10.2. The van der Waals surface area contributed by atoms with Gasteiger partial charge >= 0.3 is 0 Å². The molecule has 2 heterocycles. The van der Waals surface area contributed by atoms with Gasteiger partial charge in [0.25, 0.3) is 5.56 Å². The van der Waals surface area contributed by atoms with Gasteiger partial charge in [-0.1, -0.05) is 25.4 Å². The van der Waals surface area contributed by atoms with Crippen molar-refractivity contribution in [1.82, 2.24) is 9.55 Å². The summed E-state index contributed by atoms with van der Waals surface area (Å²) in [7, 11) is 0. The molecule has 0 spiro atoms. The van der Waals surface area contributed by atoms with E-state index in [4.69, 9.17) is 11.6 Å². The zero-order valence-corrected chi connectivity index (χ0v) is 13.2. The Bertz CT molecular complexity index is 621. The number of thiophene rings is 1. The van der Waals surface area contributed by atoms with Crippen LogP contribution in [0.3, 0.4) is 0 Å². The van der Waals surface area contributed by atoms with Gasteiger partial charge in [0.1, 0.15) is 0 Å². The highest BCUT2D eigenvalue weighted by atomic mass is 35.5. The number of anilines is 1. The Balaban J connectivity index is 1.97. The molecule has 0 fully saturated rings. The number of hydrogen-bond acceptors (Lipinski definition) is 4. The minimum Gasteiger partial charge on any atom is -0.365 e. The van der Waals surface area contributed by atoms with Crippen molar-refractivity contribution in [2.75, 3.05) is 11.9 Å². The van der Waals surface area contributed by atoms with Crippen LogP contribution in [0.25, 0.3) is 0 Å². The van der Waals surface area contributed by atoms with E-state index in [0.29, 0.717) is 24.8 Å². The van der Waals surface area contributed by atoms with Crippen LogP contribution in [0.1, 0.15) is 18.7 Å². The molecule has 2 aromatic rings. The van der Waals surface area contributed by atoms with Crippen LogP contribution in [0, 0.1) is 5.92 Å². The van der Waals surface area contributed by atoms with Crippen LogP contribution in [0.5, 0.6) is 0 Å². The van der Waals surface area contributed by atoms with Gasteiger partial charge < -0.3 is 9.88 Å². The Hall–Kier alpha value is -1.33. The van der Waals surface area contributed by atoms with Crippen molar-refractivity contribution < 1.29 is 0 Å². The van der Waals surface area contributed by atoms with Crippen LogP contribution in [0.4, 0.5) is 5.82 Å². The van der Waals surface area contributed by atoms with Crippen molar-refractivity contribution in [3.05, 3.63) is 44.1 Å². The molecule has 0 atom stereocenters. The second-order valence-electron chi connectivity index (χ2n) is 5.01. The standard InChI is InChI=1S/C14H18ClN3OS/c1-10(2)9-18-8-7-17-13(14(18)19)16-6-5-11-3-4-12(15)20-11/h3-4,7-8,10H,5-6,9H2,1-2H3,(H,16,17). The van der Waals surface area contributed by atoms with Gasteiger partial charge in [0.05, 0.1) is 4.34 Å². The number of hydrogen-bond donors (Lipinski definition) is 1. The predicted octanol–water partition coefficient (Wildman–Crippen LogP) is 3.27. The van der Waals surface area contributed by atoms with E-state index in [9.17, 15) is 4.79 Å². The molecule has 0 aliphatic rings. The highest BCUT2D eigenvalue weighted by Gasteiger charge is 2.06. The molecule has 1 N–H and O–H groups in total. The third kappa shape index (κ3) is 4.08. The van der Waals surface area contributed by atoms with Crippen molar-refractivity contribution in [3.8, 4) is 0 Å². The summed E-state index contributed by atoms with van der Waals surface area (Å²) in [6, 6.07) is 3.89. The van der Waals surface area contributed by atoms with E-state index in [1.54, 1.807) is 28.3 Å². The fourth-order valence-corrected chi connectivity index (χ4v) is 2.98. The van der Waals surface area contributed by atoms with E-state index in [-0.39, 0.29) is 5.56 Å². The molecule has 0 aliphatic carbocycles. The van der Waals surface area contributed by atoms with Gasteiger partial charge in [-0.15, -0.1) is 11.3 Å². The van der Waals surface area contributed by atoms with Crippen molar-refractivity contribution in [1.29, 1.82) is 0 Å².